The fourth-order valence-electron chi connectivity index (χ4n) is 4.53. The van der Waals surface area contributed by atoms with Crippen LogP contribution < -0.4 is 4.90 Å². The van der Waals surface area contributed by atoms with Gasteiger partial charge in [0.25, 0.3) is 0 Å². The molecule has 34 heavy (non-hydrogen) atoms. The van der Waals surface area contributed by atoms with E-state index in [-0.39, 0.29) is 10.9 Å². The lowest BCUT2D eigenvalue weighted by atomic mass is 10.1. The summed E-state index contributed by atoms with van der Waals surface area (Å²) in [4.78, 5) is 14.7. The van der Waals surface area contributed by atoms with Crippen LogP contribution in [0.1, 0.15) is 18.8 Å². The Hall–Kier alpha value is -2.30. The normalized spacial score (nSPS) is 19.4. The van der Waals surface area contributed by atoms with Gasteiger partial charge in [0.15, 0.2) is 0 Å². The van der Waals surface area contributed by atoms with E-state index >= 15 is 0 Å². The molecule has 2 saturated heterocycles. The zero-order chi connectivity index (χ0) is 23.7. The smallest absolute Gasteiger partial charge is 0.243 e. The molecule has 0 aliphatic carbocycles. The molecule has 0 saturated carbocycles. The van der Waals surface area contributed by atoms with Crippen LogP contribution in [0.2, 0.25) is 5.02 Å². The minimum atomic E-state index is -3.54. The molecule has 0 radical (unpaired) electrons. The highest BCUT2D eigenvalue weighted by Gasteiger charge is 2.31. The number of hydrogen-bond acceptors (Lipinski definition) is 7. The first-order valence-corrected chi connectivity index (χ1v) is 13.3. The van der Waals surface area contributed by atoms with Crippen LogP contribution in [0.4, 0.5) is 5.82 Å². The Morgan fingerprint density at radius 2 is 1.59 bits per heavy atom. The van der Waals surface area contributed by atoms with Gasteiger partial charge in [0.05, 0.1) is 29.7 Å². The molecule has 0 amide bonds. The van der Waals surface area contributed by atoms with Gasteiger partial charge in [0.1, 0.15) is 11.6 Å². The first kappa shape index (κ1) is 23.4. The predicted octanol–water partition coefficient (Wildman–Crippen LogP) is 3.19. The zero-order valence-electron chi connectivity index (χ0n) is 19.1. The van der Waals surface area contributed by atoms with E-state index < -0.39 is 10.0 Å². The van der Waals surface area contributed by atoms with Crippen molar-refractivity contribution in [1.29, 1.82) is 0 Å². The quantitative estimate of drug-likeness (QED) is 0.531. The molecule has 0 spiro atoms. The fourth-order valence-corrected chi connectivity index (χ4v) is 6.08. The molecule has 1 aromatic heterocycles. The number of nitrogens with zero attached hydrogens (tertiary/aromatic N) is 5. The Morgan fingerprint density at radius 3 is 2.29 bits per heavy atom. The first-order chi connectivity index (χ1) is 16.4. The first-order valence-electron chi connectivity index (χ1n) is 11.5. The molecule has 2 aliphatic rings. The van der Waals surface area contributed by atoms with Crippen LogP contribution in [-0.2, 0) is 14.8 Å². The van der Waals surface area contributed by atoms with Crippen molar-refractivity contribution >= 4 is 38.3 Å². The Balaban J connectivity index is 1.35. The second-order valence-electron chi connectivity index (χ2n) is 8.59. The molecule has 10 heteroatoms. The molecular weight excluding hydrogens is 474 g/mol. The number of benzene rings is 2. The van der Waals surface area contributed by atoms with E-state index in [1.165, 1.54) is 0 Å². The van der Waals surface area contributed by atoms with Crippen molar-refractivity contribution in [2.45, 2.75) is 17.9 Å². The molecule has 180 valence electrons. The third-order valence-electron chi connectivity index (χ3n) is 6.56. The van der Waals surface area contributed by atoms with Crippen LogP contribution in [0, 0.1) is 0 Å². The van der Waals surface area contributed by atoms with Crippen LogP contribution in [-0.4, -0.2) is 80.1 Å². The number of hydrogen-bond donors (Lipinski definition) is 0. The van der Waals surface area contributed by atoms with Gasteiger partial charge in [-0.3, -0.25) is 4.90 Å². The summed E-state index contributed by atoms with van der Waals surface area (Å²) in [7, 11) is -3.54. The topological polar surface area (TPSA) is 78.9 Å². The number of ether oxygens (including phenoxy) is 1. The van der Waals surface area contributed by atoms with E-state index in [4.69, 9.17) is 26.3 Å². The van der Waals surface area contributed by atoms with Crippen molar-refractivity contribution in [3.8, 4) is 0 Å². The second-order valence-corrected chi connectivity index (χ2v) is 11.0. The Bertz CT molecular complexity index is 1260. The number of rotatable bonds is 5. The van der Waals surface area contributed by atoms with Crippen molar-refractivity contribution in [1.82, 2.24) is 19.2 Å². The van der Waals surface area contributed by atoms with E-state index in [1.54, 1.807) is 28.6 Å². The average molecular weight is 502 g/mol. The lowest BCUT2D eigenvalue weighted by molar-refractivity contribution is 0.122. The highest BCUT2D eigenvalue weighted by atomic mass is 35.5. The summed E-state index contributed by atoms with van der Waals surface area (Å²) in [5.74, 6) is 1.70. The molecule has 0 unspecified atom stereocenters. The lowest BCUT2D eigenvalue weighted by Gasteiger charge is -2.37. The summed E-state index contributed by atoms with van der Waals surface area (Å²) in [6.45, 7) is 7.12. The summed E-state index contributed by atoms with van der Waals surface area (Å²) < 4.78 is 33.1. The van der Waals surface area contributed by atoms with Crippen molar-refractivity contribution < 1.29 is 13.2 Å². The number of morpholine rings is 1. The maximum Gasteiger partial charge on any atom is 0.243 e. The van der Waals surface area contributed by atoms with E-state index in [9.17, 15) is 8.42 Å². The number of sulfonamides is 1. The van der Waals surface area contributed by atoms with E-state index in [1.807, 2.05) is 18.2 Å². The van der Waals surface area contributed by atoms with Gasteiger partial charge < -0.3 is 9.64 Å². The molecule has 8 nitrogen and oxygen atoms in total. The second kappa shape index (κ2) is 9.75. The summed E-state index contributed by atoms with van der Waals surface area (Å²) in [5, 5.41) is 1.56. The van der Waals surface area contributed by atoms with Crippen LogP contribution >= 0.6 is 11.6 Å². The summed E-state index contributed by atoms with van der Waals surface area (Å²) >= 11 is 5.92. The molecule has 1 atom stereocenters. The minimum Gasteiger partial charge on any atom is -0.378 e. The molecule has 2 aromatic carbocycles. The van der Waals surface area contributed by atoms with Crippen molar-refractivity contribution in [2.75, 3.05) is 57.4 Å². The maximum atomic E-state index is 13.0. The lowest BCUT2D eigenvalue weighted by Crippen LogP contribution is -2.49. The standard InChI is InChI=1S/C24H28ClN5O3S/c1-18(28-10-12-30(13-11-28)34(31,32)20-8-6-19(25)7-9-20)23-26-22-5-3-2-4-21(22)24(27-23)29-14-16-33-17-15-29/h2-9,18H,10-17H2,1H3/t18-/m0/s1. The molecule has 2 aliphatic heterocycles. The van der Waals surface area contributed by atoms with Gasteiger partial charge in [-0.1, -0.05) is 23.7 Å². The number of fused-ring (bicyclic) bond motifs is 1. The molecule has 3 aromatic rings. The van der Waals surface area contributed by atoms with Crippen LogP contribution in [0.3, 0.4) is 0 Å². The SMILES string of the molecule is C[C@@H](c1nc(N2CCOCC2)c2ccccc2n1)N1CCN(S(=O)(=O)c2ccc(Cl)cc2)CC1. The number of para-hydroxylation sites is 1. The van der Waals surface area contributed by atoms with Gasteiger partial charge in [-0.15, -0.1) is 0 Å². The number of halogens is 1. The van der Waals surface area contributed by atoms with Crippen molar-refractivity contribution in [3.05, 3.63) is 59.4 Å². The molecule has 3 heterocycles. The van der Waals surface area contributed by atoms with Crippen molar-refractivity contribution in [2.24, 2.45) is 0 Å². The van der Waals surface area contributed by atoms with Crippen LogP contribution in [0.5, 0.6) is 0 Å². The monoisotopic (exact) mass is 501 g/mol. The molecule has 0 bridgehead atoms. The maximum absolute atomic E-state index is 13.0. The Labute approximate surface area is 205 Å². The Morgan fingerprint density at radius 1 is 0.912 bits per heavy atom. The summed E-state index contributed by atoms with van der Waals surface area (Å²) in [6.07, 6.45) is 0. The van der Waals surface area contributed by atoms with Gasteiger partial charge >= 0.3 is 0 Å². The van der Waals surface area contributed by atoms with Crippen LogP contribution in [0.25, 0.3) is 10.9 Å². The third kappa shape index (κ3) is 4.63. The van der Waals surface area contributed by atoms with Gasteiger partial charge in [-0.25, -0.2) is 18.4 Å². The van der Waals surface area contributed by atoms with Crippen molar-refractivity contribution in [3.63, 3.8) is 0 Å². The fraction of sp³-hybridized carbons (Fsp3) is 0.417. The van der Waals surface area contributed by atoms with Gasteiger partial charge in [0.2, 0.25) is 10.0 Å². The summed E-state index contributed by atoms with van der Waals surface area (Å²) in [5.41, 5.74) is 0.921. The molecule has 2 fully saturated rings. The molecule has 5 rings (SSSR count). The van der Waals surface area contributed by atoms with Gasteiger partial charge in [0, 0.05) is 49.7 Å². The number of piperazine rings is 1. The van der Waals surface area contributed by atoms with Gasteiger partial charge in [-0.05, 0) is 43.3 Å². The predicted molar refractivity (Wildman–Crippen MR) is 133 cm³/mol. The molecule has 0 N–H and O–H groups in total. The van der Waals surface area contributed by atoms with E-state index in [0.29, 0.717) is 44.4 Å². The highest BCUT2D eigenvalue weighted by Crippen LogP contribution is 2.29. The average Bonchev–Trinajstić information content (AvgIpc) is 2.88. The van der Waals surface area contributed by atoms with E-state index in [0.717, 1.165) is 35.6 Å². The molecular formula is C24H28ClN5O3S. The van der Waals surface area contributed by atoms with Gasteiger partial charge in [-0.2, -0.15) is 4.31 Å². The Kier molecular flexibility index (Phi) is 6.72. The largest absolute Gasteiger partial charge is 0.378 e. The minimum absolute atomic E-state index is 0.0372. The third-order valence-corrected chi connectivity index (χ3v) is 8.72. The summed E-state index contributed by atoms with van der Waals surface area (Å²) in [6, 6.07) is 14.4. The highest BCUT2D eigenvalue weighted by molar-refractivity contribution is 7.89. The zero-order valence-corrected chi connectivity index (χ0v) is 20.7. The number of anilines is 1. The number of aromatic nitrogens is 2. The van der Waals surface area contributed by atoms with E-state index in [2.05, 4.69) is 22.8 Å². The van der Waals surface area contributed by atoms with Crippen LogP contribution in [0.15, 0.2) is 53.4 Å².